The fourth-order valence-corrected chi connectivity index (χ4v) is 5.42. The number of benzene rings is 1. The van der Waals surface area contributed by atoms with Crippen LogP contribution in [0.3, 0.4) is 0 Å². The summed E-state index contributed by atoms with van der Waals surface area (Å²) in [4.78, 5) is 29.2. The van der Waals surface area contributed by atoms with Crippen LogP contribution < -0.4 is 0 Å². The molecule has 1 saturated carbocycles. The average molecular weight is 316 g/mol. The van der Waals surface area contributed by atoms with Gasteiger partial charge >= 0.3 is 5.97 Å². The Morgan fingerprint density at radius 1 is 1.23 bits per heavy atom. The number of ketones is 1. The van der Waals surface area contributed by atoms with Crippen LogP contribution in [0.1, 0.15) is 36.0 Å². The van der Waals surface area contributed by atoms with Crippen molar-refractivity contribution >= 4 is 22.2 Å². The van der Waals surface area contributed by atoms with Crippen LogP contribution in [0.5, 0.6) is 0 Å². The van der Waals surface area contributed by atoms with E-state index in [1.54, 1.807) is 23.8 Å². The Bertz CT molecular complexity index is 668. The van der Waals surface area contributed by atoms with Crippen LogP contribution in [-0.4, -0.2) is 21.8 Å². The van der Waals surface area contributed by atoms with Gasteiger partial charge in [-0.3, -0.25) is 4.79 Å². The molecule has 0 spiro atoms. The fraction of sp³-hybridized carbons (Fsp3) is 0.353. The van der Waals surface area contributed by atoms with E-state index >= 15 is 0 Å². The summed E-state index contributed by atoms with van der Waals surface area (Å²) in [6.45, 7) is 0. The number of carboxylic acids is 1. The van der Waals surface area contributed by atoms with Gasteiger partial charge in [0.2, 0.25) is 5.51 Å². The molecule has 1 aliphatic carbocycles. The lowest BCUT2D eigenvalue weighted by Gasteiger charge is -2.33. The molecule has 5 heteroatoms. The first-order valence-corrected chi connectivity index (χ1v) is 8.76. The number of nitrogens with zero attached hydrogens (tertiary/aromatic N) is 1. The van der Waals surface area contributed by atoms with Crippen molar-refractivity contribution in [1.82, 2.24) is 4.98 Å². The number of rotatable bonds is 4. The summed E-state index contributed by atoms with van der Waals surface area (Å²) < 4.78 is -1.04. The molecule has 0 saturated heterocycles. The third-order valence-electron chi connectivity index (χ3n) is 4.48. The molecule has 2 aromatic rings. The Morgan fingerprint density at radius 3 is 2.64 bits per heavy atom. The van der Waals surface area contributed by atoms with Crippen molar-refractivity contribution in [3.05, 3.63) is 53.0 Å². The molecule has 1 fully saturated rings. The number of carboxylic acid groups (broad SMARTS) is 1. The highest BCUT2D eigenvalue weighted by Gasteiger charge is 2.59. The number of carbonyl (C=O) groups excluding carboxylic acids is 1. The molecule has 1 N–H and O–H groups in total. The highest BCUT2D eigenvalue weighted by molar-refractivity contribution is 7.31. The van der Waals surface area contributed by atoms with Gasteiger partial charge in [0.25, 0.3) is 4.75 Å². The molecule has 3 rings (SSSR count). The molecule has 0 bridgehead atoms. The van der Waals surface area contributed by atoms with Gasteiger partial charge < -0.3 is 5.11 Å². The minimum Gasteiger partial charge on any atom is -0.477 e. The van der Waals surface area contributed by atoms with Gasteiger partial charge in [-0.1, -0.05) is 36.8 Å². The maximum Gasteiger partial charge on any atom is 0.365 e. The van der Waals surface area contributed by atoms with Crippen LogP contribution in [0.25, 0.3) is 0 Å². The van der Waals surface area contributed by atoms with E-state index in [1.807, 2.05) is 23.6 Å². The van der Waals surface area contributed by atoms with Crippen molar-refractivity contribution in [2.45, 2.75) is 30.4 Å². The predicted octanol–water partition coefficient (Wildman–Crippen LogP) is 3.68. The van der Waals surface area contributed by atoms with Crippen LogP contribution in [0, 0.1) is 5.92 Å². The summed E-state index contributed by atoms with van der Waals surface area (Å²) in [7, 11) is -0.619. The fourth-order valence-electron chi connectivity index (χ4n) is 3.38. The second-order valence-electron chi connectivity index (χ2n) is 5.63. The molecule has 3 atom stereocenters. The van der Waals surface area contributed by atoms with Gasteiger partial charge in [0.05, 0.1) is 12.1 Å². The third kappa shape index (κ3) is 2.35. The van der Waals surface area contributed by atoms with Crippen LogP contribution in [-0.2, 0) is 9.54 Å². The van der Waals surface area contributed by atoms with Crippen molar-refractivity contribution in [2.75, 3.05) is 0 Å². The van der Waals surface area contributed by atoms with E-state index in [4.69, 9.17) is 0 Å². The summed E-state index contributed by atoms with van der Waals surface area (Å²) in [6.07, 6.45) is 4.55. The molecule has 1 aliphatic rings. The largest absolute Gasteiger partial charge is 0.477 e. The SMILES string of the molecule is O=C(c1ccccc1)C1CCCCC1(C(=O)O)[s+]1ccnc1. The Hall–Kier alpha value is -2.01. The smallest absolute Gasteiger partial charge is 0.365 e. The lowest BCUT2D eigenvalue weighted by Crippen LogP contribution is -2.45. The van der Waals surface area contributed by atoms with E-state index in [2.05, 4.69) is 4.98 Å². The quantitative estimate of drug-likeness (QED) is 0.690. The van der Waals surface area contributed by atoms with Crippen molar-refractivity contribution < 1.29 is 14.7 Å². The van der Waals surface area contributed by atoms with Crippen LogP contribution in [0.4, 0.5) is 0 Å². The number of Topliss-reactive ketones (excluding diaryl/α,β-unsaturated/α-hetero) is 1. The molecule has 114 valence electrons. The van der Waals surface area contributed by atoms with Crippen molar-refractivity contribution in [3.63, 3.8) is 0 Å². The van der Waals surface area contributed by atoms with Gasteiger partial charge in [-0.2, -0.15) is 0 Å². The predicted molar refractivity (Wildman–Crippen MR) is 85.1 cm³/mol. The Labute approximate surface area is 131 Å². The molecule has 1 aromatic heterocycles. The maximum atomic E-state index is 12.9. The van der Waals surface area contributed by atoms with E-state index < -0.39 is 27.1 Å². The lowest BCUT2D eigenvalue weighted by molar-refractivity contribution is -0.144. The van der Waals surface area contributed by atoms with Gasteiger partial charge in [0, 0.05) is 22.5 Å². The summed E-state index contributed by atoms with van der Waals surface area (Å²) >= 11 is 0. The Morgan fingerprint density at radius 2 is 2.00 bits per heavy atom. The monoisotopic (exact) mass is 316 g/mol. The highest BCUT2D eigenvalue weighted by atomic mass is 32.2. The molecular formula is C17H18NO3S+. The number of hydrogen-bond acceptors (Lipinski definition) is 3. The second-order valence-corrected chi connectivity index (χ2v) is 7.59. The molecule has 0 aliphatic heterocycles. The molecule has 4 nitrogen and oxygen atoms in total. The number of hydrogen-bond donors (Lipinski definition) is 1. The number of thiazole rings is 1. The zero-order valence-corrected chi connectivity index (χ0v) is 13.0. The second kappa shape index (κ2) is 6.01. The van der Waals surface area contributed by atoms with Crippen molar-refractivity contribution in [1.29, 1.82) is 0 Å². The van der Waals surface area contributed by atoms with E-state index in [9.17, 15) is 14.7 Å². The summed E-state index contributed by atoms with van der Waals surface area (Å²) in [5, 5.41) is 11.8. The molecule has 1 aromatic carbocycles. The van der Waals surface area contributed by atoms with E-state index in [1.165, 1.54) is 0 Å². The third-order valence-corrected chi connectivity index (χ3v) is 6.75. The van der Waals surface area contributed by atoms with E-state index in [-0.39, 0.29) is 5.78 Å². The molecule has 3 unspecified atom stereocenters. The van der Waals surface area contributed by atoms with Gasteiger partial charge in [-0.25, -0.2) is 9.78 Å². The van der Waals surface area contributed by atoms with Crippen molar-refractivity contribution in [2.24, 2.45) is 5.92 Å². The van der Waals surface area contributed by atoms with Gasteiger partial charge in [-0.15, -0.1) is 0 Å². The van der Waals surface area contributed by atoms with Gasteiger partial charge in [0.15, 0.2) is 11.2 Å². The number of carbonyl (C=O) groups is 2. The van der Waals surface area contributed by atoms with Crippen LogP contribution >= 0.6 is 10.5 Å². The van der Waals surface area contributed by atoms with E-state index in [0.717, 1.165) is 12.8 Å². The van der Waals surface area contributed by atoms with E-state index in [0.29, 0.717) is 18.4 Å². The Kier molecular flexibility index (Phi) is 4.07. The summed E-state index contributed by atoms with van der Waals surface area (Å²) in [6, 6.07) is 9.03. The lowest BCUT2D eigenvalue weighted by atomic mass is 9.74. The standard InChI is InChI=1S/C17H17NO3S/c19-15(13-6-2-1-3-7-13)14-8-4-5-9-17(14,16(20)21)22-11-10-18-12-22/h1-3,6-7,10-12,14H,4-5,8-9H2/p+1. The molecule has 22 heavy (non-hydrogen) atoms. The first-order valence-electron chi connectivity index (χ1n) is 7.41. The van der Waals surface area contributed by atoms with Crippen molar-refractivity contribution in [3.8, 4) is 0 Å². The minimum atomic E-state index is -1.04. The molecule has 0 radical (unpaired) electrons. The topological polar surface area (TPSA) is 67.3 Å². The van der Waals surface area contributed by atoms with Crippen LogP contribution in [0.15, 0.2) is 47.4 Å². The van der Waals surface area contributed by atoms with Crippen LogP contribution in [0.2, 0.25) is 0 Å². The highest BCUT2D eigenvalue weighted by Crippen LogP contribution is 2.52. The van der Waals surface area contributed by atoms with Gasteiger partial charge in [-0.05, 0) is 12.8 Å². The molecule has 0 amide bonds. The Balaban J connectivity index is 2.07. The molecule has 1 heterocycles. The first-order chi connectivity index (χ1) is 10.7. The number of aliphatic carboxylic acids is 1. The maximum absolute atomic E-state index is 12.9. The minimum absolute atomic E-state index is 0.0519. The van der Waals surface area contributed by atoms with Gasteiger partial charge in [0.1, 0.15) is 0 Å². The number of aromatic nitrogens is 1. The summed E-state index contributed by atoms with van der Waals surface area (Å²) in [5.74, 6) is -1.41. The summed E-state index contributed by atoms with van der Waals surface area (Å²) in [5.41, 5.74) is 2.30. The zero-order valence-electron chi connectivity index (χ0n) is 12.1. The first kappa shape index (κ1) is 14.9. The average Bonchev–Trinajstić information content (AvgIpc) is 3.09. The zero-order chi connectivity index (χ0) is 15.6. The normalized spacial score (nSPS) is 25.6. The molecular weight excluding hydrogens is 298 g/mol.